The summed E-state index contributed by atoms with van der Waals surface area (Å²) in [6, 6.07) is 3.95. The Bertz CT molecular complexity index is 637. The van der Waals surface area contributed by atoms with Gasteiger partial charge in [0.1, 0.15) is 5.69 Å². The number of benzene rings is 1. The van der Waals surface area contributed by atoms with Crippen LogP contribution in [0.5, 0.6) is 5.75 Å². The predicted molar refractivity (Wildman–Crippen MR) is 61.4 cm³/mol. The van der Waals surface area contributed by atoms with Gasteiger partial charge >= 0.3 is 12.1 Å². The molecule has 20 heavy (non-hydrogen) atoms. The quantitative estimate of drug-likeness (QED) is 0.783. The molecule has 108 valence electrons. The maximum absolute atomic E-state index is 12.5. The molecule has 1 aromatic heterocycles. The fraction of sp³-hybridized carbons (Fsp3) is 0.0909. The molecule has 2 aromatic rings. The van der Waals surface area contributed by atoms with Crippen LogP contribution in [0.4, 0.5) is 13.2 Å². The lowest BCUT2D eigenvalue weighted by Crippen LogP contribution is -2.05. The lowest BCUT2D eigenvalue weighted by atomic mass is 10.1. The van der Waals surface area contributed by atoms with Crippen LogP contribution in [0.1, 0.15) is 16.1 Å². The van der Waals surface area contributed by atoms with Crippen LogP contribution < -0.4 is 11.3 Å². The van der Waals surface area contributed by atoms with Crippen LogP contribution >= 0.6 is 0 Å². The van der Waals surface area contributed by atoms with Crippen molar-refractivity contribution in [3.05, 3.63) is 35.5 Å². The molecule has 9 heteroatoms. The number of halogens is 3. The number of aromatic carboxylic acids is 1. The van der Waals surface area contributed by atoms with E-state index in [1.807, 2.05) is 5.10 Å². The second-order valence-corrected chi connectivity index (χ2v) is 3.66. The topological polar surface area (TPSA) is 126 Å². The van der Waals surface area contributed by atoms with Gasteiger partial charge in [0.15, 0.2) is 0 Å². The first kappa shape index (κ1) is 15.5. The maximum Gasteiger partial charge on any atom is 0.416 e. The lowest BCUT2D eigenvalue weighted by molar-refractivity contribution is -0.267. The minimum absolute atomic E-state index is 0. The monoisotopic (exact) mass is 289 g/mol. The average Bonchev–Trinajstić information content (AvgIpc) is 2.70. The van der Waals surface area contributed by atoms with E-state index in [0.29, 0.717) is 0 Å². The van der Waals surface area contributed by atoms with Gasteiger partial charge in [0.2, 0.25) is 0 Å². The van der Waals surface area contributed by atoms with Gasteiger partial charge in [-0.1, -0.05) is 12.1 Å². The second-order valence-electron chi connectivity index (χ2n) is 3.66. The van der Waals surface area contributed by atoms with Gasteiger partial charge in [-0.3, -0.25) is 5.10 Å². The number of aromatic nitrogens is 2. The Morgan fingerprint density at radius 2 is 2.00 bits per heavy atom. The molecule has 0 aliphatic carbocycles. The molecular formula is C11H10F3N3O3. The fourth-order valence-corrected chi connectivity index (χ4v) is 1.52. The number of nitrogens with zero attached hydrogens (tertiary/aromatic N) is 1. The zero-order valence-corrected chi connectivity index (χ0v) is 10.2. The number of carbonyl (C=O) groups is 1. The van der Waals surface area contributed by atoms with E-state index in [4.69, 9.17) is 5.11 Å². The smallest absolute Gasteiger partial charge is 0.416 e. The molecule has 0 unspecified atom stereocenters. The van der Waals surface area contributed by atoms with Crippen molar-refractivity contribution in [2.24, 2.45) is 0 Å². The second kappa shape index (κ2) is 5.21. The highest BCUT2D eigenvalue weighted by atomic mass is 19.4. The number of aromatic amines is 1. The van der Waals surface area contributed by atoms with E-state index >= 15 is 0 Å². The summed E-state index contributed by atoms with van der Waals surface area (Å²) in [5.74, 6) is -2.47. The van der Waals surface area contributed by atoms with Gasteiger partial charge in [-0.25, -0.2) is 4.79 Å². The van der Waals surface area contributed by atoms with Gasteiger partial charge in [0, 0.05) is 5.56 Å². The first-order valence-corrected chi connectivity index (χ1v) is 4.97. The minimum Gasteiger partial charge on any atom is -0.869 e. The van der Waals surface area contributed by atoms with Crippen LogP contribution in [0.3, 0.4) is 0 Å². The first-order chi connectivity index (χ1) is 8.80. The van der Waals surface area contributed by atoms with Gasteiger partial charge in [-0.05, 0) is 17.9 Å². The van der Waals surface area contributed by atoms with Crippen molar-refractivity contribution in [3.8, 4) is 17.0 Å². The maximum atomic E-state index is 12.5. The van der Waals surface area contributed by atoms with Crippen LogP contribution in [0, 0.1) is 0 Å². The Morgan fingerprint density at radius 1 is 1.35 bits per heavy atom. The van der Waals surface area contributed by atoms with Crippen molar-refractivity contribution >= 4 is 5.97 Å². The number of hydrogen-bond donors (Lipinski definition) is 3. The zero-order chi connectivity index (χ0) is 14.2. The third kappa shape index (κ3) is 2.72. The molecule has 6 N–H and O–H groups in total. The first-order valence-electron chi connectivity index (χ1n) is 4.97. The van der Waals surface area contributed by atoms with Crippen molar-refractivity contribution in [1.29, 1.82) is 0 Å². The van der Waals surface area contributed by atoms with Crippen molar-refractivity contribution in [3.63, 3.8) is 0 Å². The summed E-state index contributed by atoms with van der Waals surface area (Å²) in [7, 11) is 0. The van der Waals surface area contributed by atoms with Gasteiger partial charge in [0.25, 0.3) is 0 Å². The van der Waals surface area contributed by atoms with Crippen LogP contribution in [0.25, 0.3) is 11.3 Å². The van der Waals surface area contributed by atoms with Crippen LogP contribution in [0.2, 0.25) is 0 Å². The van der Waals surface area contributed by atoms with Gasteiger partial charge in [-0.15, -0.1) is 0 Å². The zero-order valence-electron chi connectivity index (χ0n) is 10.2. The van der Waals surface area contributed by atoms with E-state index in [0.717, 1.165) is 18.2 Å². The summed E-state index contributed by atoms with van der Waals surface area (Å²) in [5.41, 5.74) is -2.08. The SMILES string of the molecule is O=C(O)c1[nH]nc(-c2cccc(C(F)(F)F)c2)c1[O-].[NH4+]. The van der Waals surface area contributed by atoms with Gasteiger partial charge in [0.05, 0.1) is 11.3 Å². The molecule has 0 bridgehead atoms. The molecule has 0 aliphatic heterocycles. The molecule has 6 nitrogen and oxygen atoms in total. The number of hydrogen-bond acceptors (Lipinski definition) is 3. The molecular weight excluding hydrogens is 279 g/mol. The summed E-state index contributed by atoms with van der Waals surface area (Å²) in [5, 5.41) is 25.7. The third-order valence-corrected chi connectivity index (χ3v) is 2.40. The molecule has 0 fully saturated rings. The molecule has 0 atom stereocenters. The number of carboxylic acids is 1. The van der Waals surface area contributed by atoms with Crippen LogP contribution in [-0.2, 0) is 6.18 Å². The minimum atomic E-state index is -4.55. The van der Waals surface area contributed by atoms with E-state index in [2.05, 4.69) is 5.10 Å². The summed E-state index contributed by atoms with van der Waals surface area (Å²) in [6.45, 7) is 0. The molecule has 0 spiro atoms. The molecule has 2 rings (SSSR count). The van der Waals surface area contributed by atoms with E-state index < -0.39 is 29.2 Å². The average molecular weight is 289 g/mol. The largest absolute Gasteiger partial charge is 0.869 e. The number of nitrogens with one attached hydrogen (secondary N) is 1. The number of quaternary nitrogens is 1. The Hall–Kier alpha value is -2.55. The Labute approximate surface area is 110 Å². The van der Waals surface area contributed by atoms with Crippen LogP contribution in [-0.4, -0.2) is 21.3 Å². The summed E-state index contributed by atoms with van der Waals surface area (Å²) < 4.78 is 37.6. The number of H-pyrrole nitrogens is 1. The predicted octanol–water partition coefficient (Wildman–Crippen LogP) is 2.24. The van der Waals surface area contributed by atoms with Crippen molar-refractivity contribution in [2.75, 3.05) is 0 Å². The molecule has 0 saturated heterocycles. The van der Waals surface area contributed by atoms with Crippen LogP contribution in [0.15, 0.2) is 24.3 Å². The standard InChI is InChI=1S/C11H7F3N2O3.H3N/c12-11(13,14)6-3-1-2-5(4-6)7-9(17)8(10(18)19)16-15-7;/h1-4,17H,(H,15,16)(H,18,19);1H3. The Kier molecular flexibility index (Phi) is 4.04. The number of rotatable bonds is 2. The van der Waals surface area contributed by atoms with E-state index in [1.165, 1.54) is 6.07 Å². The molecule has 0 amide bonds. The molecule has 1 heterocycles. The lowest BCUT2D eigenvalue weighted by Gasteiger charge is -2.10. The normalized spacial score (nSPS) is 10.9. The molecule has 0 radical (unpaired) electrons. The Balaban J connectivity index is 0.00000200. The van der Waals surface area contributed by atoms with Gasteiger partial charge < -0.3 is 16.4 Å². The molecule has 1 aromatic carbocycles. The van der Waals surface area contributed by atoms with E-state index in [9.17, 15) is 23.1 Å². The van der Waals surface area contributed by atoms with E-state index in [1.54, 1.807) is 0 Å². The van der Waals surface area contributed by atoms with Crippen molar-refractivity contribution < 1.29 is 28.2 Å². The highest BCUT2D eigenvalue weighted by molar-refractivity contribution is 5.91. The van der Waals surface area contributed by atoms with E-state index in [-0.39, 0.29) is 17.4 Å². The molecule has 0 saturated carbocycles. The highest BCUT2D eigenvalue weighted by Crippen LogP contribution is 2.34. The number of alkyl halides is 3. The fourth-order valence-electron chi connectivity index (χ4n) is 1.52. The summed E-state index contributed by atoms with van der Waals surface area (Å²) in [4.78, 5) is 10.6. The third-order valence-electron chi connectivity index (χ3n) is 2.40. The number of carboxylic acid groups (broad SMARTS) is 1. The van der Waals surface area contributed by atoms with Gasteiger partial charge in [-0.2, -0.15) is 18.3 Å². The highest BCUT2D eigenvalue weighted by Gasteiger charge is 2.30. The van der Waals surface area contributed by atoms with Crippen molar-refractivity contribution in [1.82, 2.24) is 16.3 Å². The summed E-state index contributed by atoms with van der Waals surface area (Å²) in [6.07, 6.45) is -4.55. The van der Waals surface area contributed by atoms with Crippen molar-refractivity contribution in [2.45, 2.75) is 6.18 Å². The summed E-state index contributed by atoms with van der Waals surface area (Å²) >= 11 is 0. The Morgan fingerprint density at radius 3 is 2.50 bits per heavy atom. The molecule has 0 aliphatic rings.